The van der Waals surface area contributed by atoms with Crippen molar-refractivity contribution in [2.24, 2.45) is 0 Å². The highest BCUT2D eigenvalue weighted by Crippen LogP contribution is 2.30. The molecule has 2 aromatic rings. The number of carboxylic acid groups (broad SMARTS) is 1. The second kappa shape index (κ2) is 10.6. The number of ether oxygens (including phenoxy) is 1. The van der Waals surface area contributed by atoms with Crippen LogP contribution in [0.3, 0.4) is 0 Å². The Balaban J connectivity index is 1.64. The van der Waals surface area contributed by atoms with Crippen LogP contribution in [-0.2, 0) is 9.53 Å². The van der Waals surface area contributed by atoms with Gasteiger partial charge in [0.05, 0.1) is 24.6 Å². The molecule has 1 aliphatic rings. The first-order valence-corrected chi connectivity index (χ1v) is 10.3. The van der Waals surface area contributed by atoms with Gasteiger partial charge in [0.2, 0.25) is 0 Å². The second-order valence-corrected chi connectivity index (χ2v) is 7.31. The molecule has 2 N–H and O–H groups in total. The van der Waals surface area contributed by atoms with Crippen LogP contribution in [-0.4, -0.2) is 33.3 Å². The molecule has 3 rings (SSSR count). The van der Waals surface area contributed by atoms with Gasteiger partial charge in [0.25, 0.3) is 5.91 Å². The molecule has 0 spiro atoms. The van der Waals surface area contributed by atoms with E-state index in [1.54, 1.807) is 12.1 Å². The molecule has 0 bridgehead atoms. The maximum absolute atomic E-state index is 13.2. The molecular weight excluding hydrogens is 401 g/mol. The number of hydrogen-bond donors (Lipinski definition) is 2. The van der Waals surface area contributed by atoms with Crippen LogP contribution in [0.1, 0.15) is 61.1 Å². The Kier molecular flexibility index (Phi) is 7.59. The fraction of sp³-hybridized carbons (Fsp3) is 0.348. The minimum absolute atomic E-state index is 0.0896. The number of halogens is 1. The SMILES string of the molecule is CCCC(OC1=CC=C(n2cc(F)cn2)CC1)c1ccc(C(=O)NCCC(=O)O)cc1. The van der Waals surface area contributed by atoms with Gasteiger partial charge in [0.15, 0.2) is 5.82 Å². The molecule has 1 unspecified atom stereocenters. The van der Waals surface area contributed by atoms with Crippen molar-refractivity contribution in [2.45, 2.75) is 45.1 Å². The van der Waals surface area contributed by atoms with Crippen molar-refractivity contribution in [3.8, 4) is 0 Å². The summed E-state index contributed by atoms with van der Waals surface area (Å²) in [6.45, 7) is 2.17. The smallest absolute Gasteiger partial charge is 0.305 e. The number of hydrogen-bond acceptors (Lipinski definition) is 4. The monoisotopic (exact) mass is 427 g/mol. The van der Waals surface area contributed by atoms with E-state index in [1.165, 1.54) is 17.1 Å². The highest BCUT2D eigenvalue weighted by molar-refractivity contribution is 5.94. The molecule has 1 aliphatic carbocycles. The zero-order valence-corrected chi connectivity index (χ0v) is 17.4. The lowest BCUT2D eigenvalue weighted by Gasteiger charge is -2.23. The fourth-order valence-electron chi connectivity index (χ4n) is 3.33. The van der Waals surface area contributed by atoms with E-state index in [9.17, 15) is 14.0 Å². The third kappa shape index (κ3) is 6.28. The molecule has 1 atom stereocenters. The van der Waals surface area contributed by atoms with Crippen LogP contribution in [0.25, 0.3) is 5.70 Å². The number of allylic oxidation sites excluding steroid dienone is 4. The van der Waals surface area contributed by atoms with E-state index in [2.05, 4.69) is 17.3 Å². The number of amides is 1. The number of carboxylic acids is 1. The molecule has 164 valence electrons. The topological polar surface area (TPSA) is 93.5 Å². The van der Waals surface area contributed by atoms with Gasteiger partial charge in [0.1, 0.15) is 6.10 Å². The Hall–Kier alpha value is -3.42. The quantitative estimate of drug-likeness (QED) is 0.590. The van der Waals surface area contributed by atoms with Gasteiger partial charge in [-0.05, 0) is 42.7 Å². The Morgan fingerprint density at radius 3 is 2.61 bits per heavy atom. The normalized spacial score (nSPS) is 14.4. The van der Waals surface area contributed by atoms with Crippen molar-refractivity contribution in [3.05, 3.63) is 71.5 Å². The molecule has 0 saturated carbocycles. The van der Waals surface area contributed by atoms with Crippen LogP contribution in [0, 0.1) is 5.82 Å². The average Bonchev–Trinajstić information content (AvgIpc) is 3.20. The van der Waals surface area contributed by atoms with E-state index in [0.29, 0.717) is 18.4 Å². The Morgan fingerprint density at radius 2 is 2.03 bits per heavy atom. The summed E-state index contributed by atoms with van der Waals surface area (Å²) >= 11 is 0. The van der Waals surface area contributed by atoms with Crippen LogP contribution < -0.4 is 5.32 Å². The average molecular weight is 427 g/mol. The maximum atomic E-state index is 13.2. The first-order valence-electron chi connectivity index (χ1n) is 10.3. The van der Waals surface area contributed by atoms with Crippen molar-refractivity contribution >= 4 is 17.6 Å². The van der Waals surface area contributed by atoms with Gasteiger partial charge >= 0.3 is 5.97 Å². The number of carbonyl (C=O) groups is 2. The van der Waals surface area contributed by atoms with Crippen LogP contribution in [0.5, 0.6) is 0 Å². The summed E-state index contributed by atoms with van der Waals surface area (Å²) in [5, 5.41) is 15.2. The van der Waals surface area contributed by atoms with E-state index in [0.717, 1.165) is 29.9 Å². The summed E-state index contributed by atoms with van der Waals surface area (Å²) in [6.07, 6.45) is 9.21. The van der Waals surface area contributed by atoms with Gasteiger partial charge in [-0.15, -0.1) is 0 Å². The Bertz CT molecular complexity index is 979. The van der Waals surface area contributed by atoms with Crippen LogP contribution in [0.15, 0.2) is 54.6 Å². The maximum Gasteiger partial charge on any atom is 0.305 e. The van der Waals surface area contributed by atoms with Gasteiger partial charge in [-0.1, -0.05) is 25.5 Å². The molecule has 1 aromatic heterocycles. The zero-order valence-electron chi connectivity index (χ0n) is 17.4. The van der Waals surface area contributed by atoms with Gasteiger partial charge in [-0.3, -0.25) is 9.59 Å². The molecule has 1 heterocycles. The Labute approximate surface area is 180 Å². The van der Waals surface area contributed by atoms with E-state index in [-0.39, 0.29) is 30.8 Å². The molecule has 0 radical (unpaired) electrons. The van der Waals surface area contributed by atoms with E-state index >= 15 is 0 Å². The zero-order chi connectivity index (χ0) is 22.2. The summed E-state index contributed by atoms with van der Waals surface area (Å²) in [4.78, 5) is 22.7. The van der Waals surface area contributed by atoms with Gasteiger partial charge in [0, 0.05) is 24.2 Å². The molecule has 7 nitrogen and oxygen atoms in total. The lowest BCUT2D eigenvalue weighted by atomic mass is 10.0. The summed E-state index contributed by atoms with van der Waals surface area (Å²) in [7, 11) is 0. The first kappa shape index (κ1) is 22.3. The molecule has 8 heteroatoms. The van der Waals surface area contributed by atoms with Crippen LogP contribution in [0.4, 0.5) is 4.39 Å². The number of carbonyl (C=O) groups excluding carboxylic acids is 1. The highest BCUT2D eigenvalue weighted by atomic mass is 19.1. The number of nitrogens with zero attached hydrogens (tertiary/aromatic N) is 2. The molecule has 0 aliphatic heterocycles. The van der Waals surface area contributed by atoms with Crippen molar-refractivity contribution in [3.63, 3.8) is 0 Å². The lowest BCUT2D eigenvalue weighted by Crippen LogP contribution is -2.25. The number of benzene rings is 1. The van der Waals surface area contributed by atoms with Crippen molar-refractivity contribution in [2.75, 3.05) is 6.54 Å². The van der Waals surface area contributed by atoms with Gasteiger partial charge < -0.3 is 15.2 Å². The molecular formula is C23H26FN3O4. The standard InChI is InChI=1S/C23H26FN3O4/c1-2-3-21(16-4-6-17(7-5-16)23(30)25-13-12-22(28)29)31-20-10-8-19(9-11-20)27-15-18(24)14-26-27/h4-8,10,14-15,21H,2-3,9,11-13H2,1H3,(H,25,30)(H,28,29). The minimum Gasteiger partial charge on any atom is -0.490 e. The van der Waals surface area contributed by atoms with Crippen LogP contribution in [0.2, 0.25) is 0 Å². The van der Waals surface area contributed by atoms with E-state index in [4.69, 9.17) is 9.84 Å². The number of aliphatic carboxylic acids is 1. The van der Waals surface area contributed by atoms with E-state index < -0.39 is 5.97 Å². The third-order valence-corrected chi connectivity index (χ3v) is 4.95. The lowest BCUT2D eigenvalue weighted by molar-refractivity contribution is -0.136. The van der Waals surface area contributed by atoms with Gasteiger partial charge in [-0.2, -0.15) is 5.10 Å². The molecule has 1 amide bonds. The fourth-order valence-corrected chi connectivity index (χ4v) is 3.33. The van der Waals surface area contributed by atoms with Crippen molar-refractivity contribution < 1.29 is 23.8 Å². The minimum atomic E-state index is -0.953. The third-order valence-electron chi connectivity index (χ3n) is 4.95. The number of rotatable bonds is 10. The highest BCUT2D eigenvalue weighted by Gasteiger charge is 2.17. The molecule has 1 aromatic carbocycles. The van der Waals surface area contributed by atoms with E-state index in [1.807, 2.05) is 24.3 Å². The summed E-state index contributed by atoms with van der Waals surface area (Å²) in [5.74, 6) is -0.770. The second-order valence-electron chi connectivity index (χ2n) is 7.31. The predicted molar refractivity (Wildman–Crippen MR) is 114 cm³/mol. The summed E-state index contributed by atoms with van der Waals surface area (Å²) in [5.41, 5.74) is 2.34. The largest absolute Gasteiger partial charge is 0.490 e. The number of aromatic nitrogens is 2. The van der Waals surface area contributed by atoms with Crippen LogP contribution >= 0.6 is 0 Å². The summed E-state index contributed by atoms with van der Waals surface area (Å²) in [6, 6.07) is 7.17. The van der Waals surface area contributed by atoms with Crippen molar-refractivity contribution in [1.29, 1.82) is 0 Å². The number of nitrogens with one attached hydrogen (secondary N) is 1. The predicted octanol–water partition coefficient (Wildman–Crippen LogP) is 4.30. The summed E-state index contributed by atoms with van der Waals surface area (Å²) < 4.78 is 21.0. The molecule has 31 heavy (non-hydrogen) atoms. The Morgan fingerprint density at radius 1 is 1.26 bits per heavy atom. The molecule has 0 saturated heterocycles. The van der Waals surface area contributed by atoms with Gasteiger partial charge in [-0.25, -0.2) is 9.07 Å². The molecule has 0 fully saturated rings. The van der Waals surface area contributed by atoms with Crippen molar-refractivity contribution in [1.82, 2.24) is 15.1 Å². The first-order chi connectivity index (χ1) is 15.0.